The van der Waals surface area contributed by atoms with Crippen LogP contribution in [0.5, 0.6) is 5.75 Å². The first-order chi connectivity index (χ1) is 16.9. The second-order valence-electron chi connectivity index (χ2n) is 8.40. The highest BCUT2D eigenvalue weighted by atomic mass is 32.2. The average Bonchev–Trinajstić information content (AvgIpc) is 2.82. The first-order valence-electron chi connectivity index (χ1n) is 11.4. The van der Waals surface area contributed by atoms with Gasteiger partial charge in [-0.2, -0.15) is 4.31 Å². The predicted molar refractivity (Wildman–Crippen MR) is 125 cm³/mol. The lowest BCUT2D eigenvalue weighted by Gasteiger charge is -2.39. The first kappa shape index (κ1) is 27.5. The molecule has 2 aromatic carbocycles. The number of halogens is 3. The van der Waals surface area contributed by atoms with E-state index in [0.717, 1.165) is 47.0 Å². The van der Waals surface area contributed by atoms with Crippen LogP contribution in [0.1, 0.15) is 31.4 Å². The summed E-state index contributed by atoms with van der Waals surface area (Å²) in [5.74, 6) is -1.45. The fourth-order valence-corrected chi connectivity index (χ4v) is 5.49. The zero-order valence-electron chi connectivity index (χ0n) is 19.9. The van der Waals surface area contributed by atoms with Crippen LogP contribution < -0.4 is 10.1 Å². The molecule has 8 nitrogen and oxygen atoms in total. The minimum atomic E-state index is -4.91. The third-order valence-electron chi connectivity index (χ3n) is 5.77. The summed E-state index contributed by atoms with van der Waals surface area (Å²) >= 11 is 0. The van der Waals surface area contributed by atoms with Crippen LogP contribution in [0.15, 0.2) is 53.4 Å². The van der Waals surface area contributed by atoms with E-state index >= 15 is 0 Å². The molecule has 12 heteroatoms. The van der Waals surface area contributed by atoms with Crippen molar-refractivity contribution >= 4 is 21.8 Å². The maximum absolute atomic E-state index is 13.3. The van der Waals surface area contributed by atoms with Crippen molar-refractivity contribution in [1.82, 2.24) is 14.5 Å². The molecule has 36 heavy (non-hydrogen) atoms. The molecule has 1 aliphatic heterocycles. The van der Waals surface area contributed by atoms with Crippen LogP contribution >= 0.6 is 0 Å². The third-order valence-corrected chi connectivity index (χ3v) is 7.69. The standard InChI is InChI=1S/C24H28F3N3O5S/c1-3-4-18-5-7-19(8-6-18)15-28-23(32)22-16-29(17(2)31)13-14-30(22)36(33,34)21-11-9-20(10-12-21)35-24(25,26)27/h5-12,22H,3-4,13-16H2,1-2H3,(H,28,32)/t22-/m1/s1. The molecule has 1 fully saturated rings. The minimum Gasteiger partial charge on any atom is -0.406 e. The number of benzene rings is 2. The van der Waals surface area contributed by atoms with Crippen molar-refractivity contribution in [3.8, 4) is 5.75 Å². The van der Waals surface area contributed by atoms with E-state index < -0.39 is 34.1 Å². The summed E-state index contributed by atoms with van der Waals surface area (Å²) < 4.78 is 68.7. The molecule has 0 aliphatic carbocycles. The highest BCUT2D eigenvalue weighted by Crippen LogP contribution is 2.27. The Morgan fingerprint density at radius 1 is 1.03 bits per heavy atom. The molecule has 2 aromatic rings. The van der Waals surface area contributed by atoms with Crippen LogP contribution in [-0.2, 0) is 32.6 Å². The van der Waals surface area contributed by atoms with Gasteiger partial charge in [0, 0.05) is 33.1 Å². The number of nitrogens with zero attached hydrogens (tertiary/aromatic N) is 2. The molecule has 3 rings (SSSR count). The van der Waals surface area contributed by atoms with Gasteiger partial charge in [0.25, 0.3) is 0 Å². The number of amides is 2. The third kappa shape index (κ3) is 6.97. The highest BCUT2D eigenvalue weighted by Gasteiger charge is 2.41. The fraction of sp³-hybridized carbons (Fsp3) is 0.417. The molecule has 0 aromatic heterocycles. The summed E-state index contributed by atoms with van der Waals surface area (Å²) in [7, 11) is -4.26. The van der Waals surface area contributed by atoms with E-state index in [1.165, 1.54) is 17.4 Å². The second kappa shape index (κ2) is 11.3. The van der Waals surface area contributed by atoms with Crippen LogP contribution in [0.25, 0.3) is 0 Å². The van der Waals surface area contributed by atoms with Crippen molar-refractivity contribution < 1.29 is 35.9 Å². The molecule has 0 bridgehead atoms. The zero-order valence-corrected chi connectivity index (χ0v) is 20.7. The number of aryl methyl sites for hydroxylation is 1. The number of alkyl halides is 3. The molecule has 0 unspecified atom stereocenters. The van der Waals surface area contributed by atoms with Crippen molar-refractivity contribution in [1.29, 1.82) is 0 Å². The van der Waals surface area contributed by atoms with E-state index in [9.17, 15) is 31.2 Å². The van der Waals surface area contributed by atoms with E-state index in [2.05, 4.69) is 17.0 Å². The molecule has 1 saturated heterocycles. The highest BCUT2D eigenvalue weighted by molar-refractivity contribution is 7.89. The summed E-state index contributed by atoms with van der Waals surface area (Å²) in [6.07, 6.45) is -2.97. The summed E-state index contributed by atoms with van der Waals surface area (Å²) in [5.41, 5.74) is 2.00. The number of carbonyl (C=O) groups is 2. The van der Waals surface area contributed by atoms with Crippen molar-refractivity contribution in [3.05, 3.63) is 59.7 Å². The van der Waals surface area contributed by atoms with Gasteiger partial charge < -0.3 is 15.0 Å². The number of carbonyl (C=O) groups excluding carboxylic acids is 2. The summed E-state index contributed by atoms with van der Waals surface area (Å²) in [6, 6.07) is 10.2. The van der Waals surface area contributed by atoms with Crippen LogP contribution in [0.3, 0.4) is 0 Å². The molecular formula is C24H28F3N3O5S. The van der Waals surface area contributed by atoms with E-state index in [1.54, 1.807) is 0 Å². The number of hydrogen-bond acceptors (Lipinski definition) is 5. The number of piperazine rings is 1. The lowest BCUT2D eigenvalue weighted by Crippen LogP contribution is -2.61. The summed E-state index contributed by atoms with van der Waals surface area (Å²) in [6.45, 7) is 3.35. The number of hydrogen-bond donors (Lipinski definition) is 1. The monoisotopic (exact) mass is 527 g/mol. The van der Waals surface area contributed by atoms with Crippen molar-refractivity contribution in [2.24, 2.45) is 0 Å². The predicted octanol–water partition coefficient (Wildman–Crippen LogP) is 3.08. The van der Waals surface area contributed by atoms with Crippen LogP contribution in [-0.4, -0.2) is 61.5 Å². The van der Waals surface area contributed by atoms with Gasteiger partial charge in [-0.3, -0.25) is 9.59 Å². The van der Waals surface area contributed by atoms with Gasteiger partial charge in [0.2, 0.25) is 21.8 Å². The summed E-state index contributed by atoms with van der Waals surface area (Å²) in [4.78, 5) is 26.1. The van der Waals surface area contributed by atoms with Gasteiger partial charge in [0.1, 0.15) is 11.8 Å². The Balaban J connectivity index is 1.78. The van der Waals surface area contributed by atoms with E-state index in [0.29, 0.717) is 0 Å². The fourth-order valence-electron chi connectivity index (χ4n) is 3.92. The summed E-state index contributed by atoms with van der Waals surface area (Å²) in [5, 5.41) is 2.74. The Labute approximate surface area is 208 Å². The quantitative estimate of drug-likeness (QED) is 0.569. The Morgan fingerprint density at radius 2 is 1.64 bits per heavy atom. The largest absolute Gasteiger partial charge is 0.573 e. The first-order valence-corrected chi connectivity index (χ1v) is 12.8. The molecule has 0 spiro atoms. The normalized spacial score (nSPS) is 17.0. The molecule has 2 amide bonds. The van der Waals surface area contributed by atoms with E-state index in [4.69, 9.17) is 0 Å². The molecule has 0 radical (unpaired) electrons. The van der Waals surface area contributed by atoms with Gasteiger partial charge >= 0.3 is 6.36 Å². The molecule has 196 valence electrons. The van der Waals surface area contributed by atoms with Gasteiger partial charge in [-0.1, -0.05) is 37.6 Å². The lowest BCUT2D eigenvalue weighted by molar-refractivity contribution is -0.274. The zero-order chi connectivity index (χ0) is 26.5. The van der Waals surface area contributed by atoms with Gasteiger partial charge in [-0.05, 0) is 41.8 Å². The Bertz CT molecular complexity index is 1170. The van der Waals surface area contributed by atoms with Crippen molar-refractivity contribution in [3.63, 3.8) is 0 Å². The number of ether oxygens (including phenoxy) is 1. The van der Waals surface area contributed by atoms with Gasteiger partial charge in [-0.15, -0.1) is 13.2 Å². The number of rotatable bonds is 8. The maximum atomic E-state index is 13.3. The van der Waals surface area contributed by atoms with Gasteiger partial charge in [-0.25, -0.2) is 8.42 Å². The smallest absolute Gasteiger partial charge is 0.406 e. The lowest BCUT2D eigenvalue weighted by atomic mass is 10.1. The van der Waals surface area contributed by atoms with E-state index in [-0.39, 0.29) is 37.0 Å². The Hall–Kier alpha value is -3.12. The van der Waals surface area contributed by atoms with Crippen LogP contribution in [0, 0.1) is 0 Å². The topological polar surface area (TPSA) is 96.0 Å². The maximum Gasteiger partial charge on any atom is 0.573 e. The van der Waals surface area contributed by atoms with Crippen LogP contribution in [0.2, 0.25) is 0 Å². The number of sulfonamides is 1. The van der Waals surface area contributed by atoms with Crippen molar-refractivity contribution in [2.75, 3.05) is 19.6 Å². The molecule has 0 saturated carbocycles. The van der Waals surface area contributed by atoms with Gasteiger partial charge in [0.15, 0.2) is 0 Å². The van der Waals surface area contributed by atoms with E-state index in [1.807, 2.05) is 24.3 Å². The molecular weight excluding hydrogens is 499 g/mol. The van der Waals surface area contributed by atoms with Gasteiger partial charge in [0.05, 0.1) is 4.90 Å². The SMILES string of the molecule is CCCc1ccc(CNC(=O)[C@H]2CN(C(C)=O)CCN2S(=O)(=O)c2ccc(OC(F)(F)F)cc2)cc1. The van der Waals surface area contributed by atoms with Crippen molar-refractivity contribution in [2.45, 2.75) is 50.5 Å². The second-order valence-corrected chi connectivity index (χ2v) is 10.3. The minimum absolute atomic E-state index is 0.0759. The molecule has 1 N–H and O–H groups in total. The molecule has 1 atom stereocenters. The average molecular weight is 528 g/mol. The number of nitrogens with one attached hydrogen (secondary N) is 1. The van der Waals surface area contributed by atoms with Crippen LogP contribution in [0.4, 0.5) is 13.2 Å². The Morgan fingerprint density at radius 3 is 2.19 bits per heavy atom. The molecule has 1 aliphatic rings. The Kier molecular flexibility index (Phi) is 8.62. The molecule has 1 heterocycles.